The lowest BCUT2D eigenvalue weighted by Gasteiger charge is -2.24. The van der Waals surface area contributed by atoms with Gasteiger partial charge in [-0.2, -0.15) is 4.98 Å². The van der Waals surface area contributed by atoms with Gasteiger partial charge in [-0.3, -0.25) is 10.1 Å². The van der Waals surface area contributed by atoms with Gasteiger partial charge in [-0.1, -0.05) is 42.5 Å². The zero-order chi connectivity index (χ0) is 21.8. The van der Waals surface area contributed by atoms with E-state index in [0.29, 0.717) is 5.95 Å². The van der Waals surface area contributed by atoms with Gasteiger partial charge in [0.05, 0.1) is 7.11 Å². The standard InChI is InChI=1S/C22H21N5O4/c1-31-16-9-7-15(8-10-16)18-13-17(14-5-3-2-4-6-14)23-22-25-21(26-27(18)22)24-19(28)11-12-20(29)30/h2-10,13,18H,11-12H2,1H3,(H,29,30)(H2,23,24,25,26,28)/p-1/t18-/m0/s1. The largest absolute Gasteiger partial charge is 0.550 e. The molecule has 0 fully saturated rings. The highest BCUT2D eigenvalue weighted by molar-refractivity contribution is 5.91. The third kappa shape index (κ3) is 4.55. The van der Waals surface area contributed by atoms with Crippen LogP contribution < -0.4 is 20.5 Å². The summed E-state index contributed by atoms with van der Waals surface area (Å²) in [5.41, 5.74) is 2.79. The number of benzene rings is 2. The lowest BCUT2D eigenvalue weighted by atomic mass is 10.0. The van der Waals surface area contributed by atoms with Crippen LogP contribution in [0.15, 0.2) is 60.7 Å². The summed E-state index contributed by atoms with van der Waals surface area (Å²) < 4.78 is 6.92. The molecule has 4 rings (SSSR count). The molecule has 0 saturated heterocycles. The van der Waals surface area contributed by atoms with Gasteiger partial charge >= 0.3 is 0 Å². The van der Waals surface area contributed by atoms with Crippen molar-refractivity contribution < 1.29 is 19.4 Å². The van der Waals surface area contributed by atoms with Gasteiger partial charge in [0.1, 0.15) is 11.8 Å². The van der Waals surface area contributed by atoms with E-state index in [-0.39, 0.29) is 24.8 Å². The fourth-order valence-electron chi connectivity index (χ4n) is 3.27. The van der Waals surface area contributed by atoms with E-state index in [1.165, 1.54) is 0 Å². The normalized spacial score (nSPS) is 14.7. The molecule has 1 aliphatic heterocycles. The monoisotopic (exact) mass is 418 g/mol. The summed E-state index contributed by atoms with van der Waals surface area (Å²) in [5.74, 6) is -0.497. The molecular formula is C22H20N5O4-. The predicted molar refractivity (Wildman–Crippen MR) is 112 cm³/mol. The van der Waals surface area contributed by atoms with Crippen molar-refractivity contribution in [2.75, 3.05) is 17.7 Å². The Morgan fingerprint density at radius 2 is 1.87 bits per heavy atom. The van der Waals surface area contributed by atoms with Gasteiger partial charge in [0.2, 0.25) is 11.9 Å². The third-order valence-electron chi connectivity index (χ3n) is 4.82. The van der Waals surface area contributed by atoms with Crippen LogP contribution in [0.3, 0.4) is 0 Å². The van der Waals surface area contributed by atoms with E-state index in [9.17, 15) is 14.7 Å². The molecular weight excluding hydrogens is 398 g/mol. The number of anilines is 2. The summed E-state index contributed by atoms with van der Waals surface area (Å²) in [7, 11) is 1.61. The maximum Gasteiger partial charge on any atom is 0.250 e. The number of carbonyl (C=O) groups is 2. The zero-order valence-corrected chi connectivity index (χ0v) is 16.7. The van der Waals surface area contributed by atoms with Crippen molar-refractivity contribution in [3.63, 3.8) is 0 Å². The van der Waals surface area contributed by atoms with Gasteiger partial charge in [0, 0.05) is 18.1 Å². The maximum atomic E-state index is 12.0. The number of carboxylic acids is 1. The van der Waals surface area contributed by atoms with E-state index in [1.54, 1.807) is 11.8 Å². The van der Waals surface area contributed by atoms with Crippen molar-refractivity contribution in [2.45, 2.75) is 18.9 Å². The predicted octanol–water partition coefficient (Wildman–Crippen LogP) is 1.81. The van der Waals surface area contributed by atoms with Gasteiger partial charge in [-0.05, 0) is 35.8 Å². The summed E-state index contributed by atoms with van der Waals surface area (Å²) in [4.78, 5) is 27.0. The van der Waals surface area contributed by atoms with E-state index in [2.05, 4.69) is 20.7 Å². The van der Waals surface area contributed by atoms with Crippen LogP contribution in [0, 0.1) is 0 Å². The van der Waals surface area contributed by atoms with Crippen LogP contribution in [0.2, 0.25) is 0 Å². The number of hydrogen-bond donors (Lipinski definition) is 2. The van der Waals surface area contributed by atoms with Crippen molar-refractivity contribution >= 4 is 29.5 Å². The van der Waals surface area contributed by atoms with Gasteiger partial charge < -0.3 is 20.0 Å². The summed E-state index contributed by atoms with van der Waals surface area (Å²) in [6.07, 6.45) is 1.45. The Labute approximate surface area is 178 Å². The van der Waals surface area contributed by atoms with Gasteiger partial charge in [0.15, 0.2) is 0 Å². The highest BCUT2D eigenvalue weighted by Gasteiger charge is 2.25. The van der Waals surface area contributed by atoms with Crippen LogP contribution >= 0.6 is 0 Å². The second-order valence-electron chi connectivity index (χ2n) is 6.91. The number of carboxylic acid groups (broad SMARTS) is 1. The van der Waals surface area contributed by atoms with Gasteiger partial charge in [0.25, 0.3) is 5.95 Å². The number of ether oxygens (including phenoxy) is 1. The number of fused-ring (bicyclic) bond motifs is 1. The first-order valence-electron chi connectivity index (χ1n) is 9.68. The van der Waals surface area contributed by atoms with Gasteiger partial charge in [-0.25, -0.2) is 4.68 Å². The average molecular weight is 418 g/mol. The lowest BCUT2D eigenvalue weighted by Crippen LogP contribution is -2.24. The molecule has 0 saturated carbocycles. The van der Waals surface area contributed by atoms with Crippen molar-refractivity contribution in [2.24, 2.45) is 0 Å². The minimum atomic E-state index is -1.29. The highest BCUT2D eigenvalue weighted by Crippen LogP contribution is 2.33. The van der Waals surface area contributed by atoms with Crippen LogP contribution in [-0.2, 0) is 9.59 Å². The van der Waals surface area contributed by atoms with E-state index < -0.39 is 11.9 Å². The SMILES string of the molecule is COc1ccc([C@@H]2C=C(c3ccccc3)Nc3nc(NC(=O)CCC(=O)[O-])nn32)cc1. The molecule has 2 aromatic carbocycles. The molecule has 9 nitrogen and oxygen atoms in total. The maximum absolute atomic E-state index is 12.0. The Kier molecular flexibility index (Phi) is 5.65. The molecule has 0 bridgehead atoms. The molecule has 31 heavy (non-hydrogen) atoms. The molecule has 158 valence electrons. The van der Waals surface area contributed by atoms with E-state index in [1.807, 2.05) is 60.7 Å². The van der Waals surface area contributed by atoms with Crippen molar-refractivity contribution in [3.05, 3.63) is 71.8 Å². The fraction of sp³-hybridized carbons (Fsp3) is 0.182. The van der Waals surface area contributed by atoms with Crippen LogP contribution in [0.4, 0.5) is 11.9 Å². The molecule has 1 amide bonds. The summed E-state index contributed by atoms with van der Waals surface area (Å²) >= 11 is 0. The molecule has 0 unspecified atom stereocenters. The van der Waals surface area contributed by atoms with E-state index in [4.69, 9.17) is 4.74 Å². The minimum Gasteiger partial charge on any atom is -0.550 e. The number of nitrogens with one attached hydrogen (secondary N) is 2. The third-order valence-corrected chi connectivity index (χ3v) is 4.82. The molecule has 2 N–H and O–H groups in total. The molecule has 1 atom stereocenters. The summed E-state index contributed by atoms with van der Waals surface area (Å²) in [5, 5.41) is 20.8. The average Bonchev–Trinajstić information content (AvgIpc) is 3.20. The van der Waals surface area contributed by atoms with Crippen LogP contribution in [-0.4, -0.2) is 33.8 Å². The Morgan fingerprint density at radius 1 is 1.13 bits per heavy atom. The number of aliphatic carboxylic acids is 1. The Hall–Kier alpha value is -4.14. The highest BCUT2D eigenvalue weighted by atomic mass is 16.5. The molecule has 0 aliphatic carbocycles. The fourth-order valence-corrected chi connectivity index (χ4v) is 3.27. The molecule has 9 heteroatoms. The first kappa shape index (κ1) is 20.1. The molecule has 0 spiro atoms. The summed E-state index contributed by atoms with van der Waals surface area (Å²) in [6.45, 7) is 0. The Balaban J connectivity index is 1.66. The van der Waals surface area contributed by atoms with Crippen molar-refractivity contribution in [3.8, 4) is 5.75 Å². The van der Waals surface area contributed by atoms with E-state index in [0.717, 1.165) is 22.6 Å². The summed E-state index contributed by atoms with van der Waals surface area (Å²) in [6, 6.07) is 17.1. The quantitative estimate of drug-likeness (QED) is 0.600. The van der Waals surface area contributed by atoms with E-state index >= 15 is 0 Å². The van der Waals surface area contributed by atoms with Crippen molar-refractivity contribution in [1.29, 1.82) is 0 Å². The van der Waals surface area contributed by atoms with Crippen LogP contribution in [0.1, 0.15) is 30.0 Å². The molecule has 1 aromatic heterocycles. The number of carbonyl (C=O) groups excluding carboxylic acids is 2. The minimum absolute atomic E-state index is 0.0899. The first-order chi connectivity index (χ1) is 15.0. The topological polar surface area (TPSA) is 121 Å². The molecule has 2 heterocycles. The number of allylic oxidation sites excluding steroid dienone is 1. The number of amides is 1. The number of rotatable bonds is 7. The molecule has 0 radical (unpaired) electrons. The number of nitrogens with zero attached hydrogens (tertiary/aromatic N) is 3. The number of aromatic nitrogens is 3. The second-order valence-corrected chi connectivity index (χ2v) is 6.91. The number of methoxy groups -OCH3 is 1. The van der Waals surface area contributed by atoms with Crippen LogP contribution in [0.5, 0.6) is 5.75 Å². The Bertz CT molecular complexity index is 1120. The second kappa shape index (κ2) is 8.70. The molecule has 3 aromatic rings. The molecule has 1 aliphatic rings. The Morgan fingerprint density at radius 3 is 2.55 bits per heavy atom. The number of hydrogen-bond acceptors (Lipinski definition) is 7. The zero-order valence-electron chi connectivity index (χ0n) is 16.7. The smallest absolute Gasteiger partial charge is 0.250 e. The van der Waals surface area contributed by atoms with Gasteiger partial charge in [-0.15, -0.1) is 5.10 Å². The van der Waals surface area contributed by atoms with Crippen molar-refractivity contribution in [1.82, 2.24) is 14.8 Å². The first-order valence-corrected chi connectivity index (χ1v) is 9.68. The lowest BCUT2D eigenvalue weighted by molar-refractivity contribution is -0.305. The van der Waals surface area contributed by atoms with Crippen LogP contribution in [0.25, 0.3) is 5.70 Å².